The fourth-order valence-corrected chi connectivity index (χ4v) is 2.62. The molecular formula is C18H20F2N2O. The third-order valence-corrected chi connectivity index (χ3v) is 3.93. The summed E-state index contributed by atoms with van der Waals surface area (Å²) >= 11 is 0. The Balaban J connectivity index is 2.45. The number of nitrogens with zero attached hydrogens (tertiary/aromatic N) is 1. The van der Waals surface area contributed by atoms with E-state index in [1.165, 1.54) is 12.2 Å². The van der Waals surface area contributed by atoms with Crippen LogP contribution in [0.2, 0.25) is 0 Å². The molecule has 122 valence electrons. The van der Waals surface area contributed by atoms with Crippen LogP contribution in [0.3, 0.4) is 0 Å². The lowest BCUT2D eigenvalue weighted by Gasteiger charge is -2.32. The van der Waals surface area contributed by atoms with Gasteiger partial charge in [0.1, 0.15) is 11.7 Å². The summed E-state index contributed by atoms with van der Waals surface area (Å²) in [5, 5.41) is 3.22. The van der Waals surface area contributed by atoms with Gasteiger partial charge in [-0.25, -0.2) is 14.2 Å². The molecule has 3 nitrogen and oxygen atoms in total. The molecule has 1 aromatic rings. The van der Waals surface area contributed by atoms with Crippen LogP contribution < -0.4 is 5.43 Å². The van der Waals surface area contributed by atoms with Crippen molar-refractivity contribution in [3.8, 4) is 0 Å². The van der Waals surface area contributed by atoms with Crippen molar-refractivity contribution in [1.29, 1.82) is 0 Å². The van der Waals surface area contributed by atoms with Crippen molar-refractivity contribution in [1.82, 2.24) is 5.43 Å². The van der Waals surface area contributed by atoms with Gasteiger partial charge in [0.05, 0.1) is 0 Å². The van der Waals surface area contributed by atoms with Crippen LogP contribution in [0, 0.1) is 5.92 Å². The quantitative estimate of drug-likeness (QED) is 0.666. The van der Waals surface area contributed by atoms with Crippen LogP contribution in [0.15, 0.2) is 53.4 Å². The molecule has 0 saturated carbocycles. The standard InChI is InChI=1S/C18H20F2N2O/c1-17(2,3)12-7-9-13(10-8-12)18(20)11-5-6-14(19)15(18)16(23)22-21-4/h5-11,15H,4H2,1-3H3,(H,22,23). The SMILES string of the molecule is C=NNC(=O)C1C(F)=CC=CC1(F)c1ccc(C(C)(C)C)cc1. The highest BCUT2D eigenvalue weighted by molar-refractivity contribution is 5.83. The summed E-state index contributed by atoms with van der Waals surface area (Å²) in [5.41, 5.74) is 0.908. The van der Waals surface area contributed by atoms with Crippen LogP contribution >= 0.6 is 0 Å². The predicted octanol–water partition coefficient (Wildman–Crippen LogP) is 3.92. The van der Waals surface area contributed by atoms with Gasteiger partial charge in [0, 0.05) is 6.72 Å². The number of hydrogen-bond acceptors (Lipinski definition) is 2. The van der Waals surface area contributed by atoms with E-state index in [0.717, 1.165) is 11.6 Å². The summed E-state index contributed by atoms with van der Waals surface area (Å²) in [5.74, 6) is -3.35. The second-order valence-electron chi connectivity index (χ2n) is 6.57. The van der Waals surface area contributed by atoms with Crippen LogP contribution in [-0.4, -0.2) is 12.6 Å². The van der Waals surface area contributed by atoms with E-state index in [-0.39, 0.29) is 11.0 Å². The number of amides is 1. The molecule has 0 radical (unpaired) electrons. The van der Waals surface area contributed by atoms with Gasteiger partial charge in [-0.1, -0.05) is 51.1 Å². The van der Waals surface area contributed by atoms with Gasteiger partial charge in [-0.2, -0.15) is 5.10 Å². The number of nitrogens with one attached hydrogen (secondary N) is 1. The first-order valence-electron chi connectivity index (χ1n) is 7.30. The summed E-state index contributed by atoms with van der Waals surface area (Å²) in [6, 6.07) is 6.76. The van der Waals surface area contributed by atoms with E-state index in [9.17, 15) is 9.18 Å². The molecule has 5 heteroatoms. The Morgan fingerprint density at radius 1 is 1.30 bits per heavy atom. The first-order valence-corrected chi connectivity index (χ1v) is 7.30. The average Bonchev–Trinajstić information content (AvgIpc) is 2.46. The van der Waals surface area contributed by atoms with Gasteiger partial charge in [-0.3, -0.25) is 4.79 Å². The molecular weight excluding hydrogens is 298 g/mol. The number of alkyl halides is 1. The Bertz CT molecular complexity index is 671. The first-order chi connectivity index (χ1) is 10.7. The number of carbonyl (C=O) groups excluding carboxylic acids is 1. The van der Waals surface area contributed by atoms with Crippen molar-refractivity contribution in [3.63, 3.8) is 0 Å². The minimum absolute atomic E-state index is 0.0842. The fourth-order valence-electron chi connectivity index (χ4n) is 2.62. The Labute approximate surface area is 134 Å². The van der Waals surface area contributed by atoms with Gasteiger partial charge < -0.3 is 0 Å². The van der Waals surface area contributed by atoms with Gasteiger partial charge >= 0.3 is 0 Å². The van der Waals surface area contributed by atoms with Gasteiger partial charge in [0.25, 0.3) is 5.91 Å². The summed E-state index contributed by atoms with van der Waals surface area (Å²) in [7, 11) is 0. The number of halogens is 2. The monoisotopic (exact) mass is 318 g/mol. The van der Waals surface area contributed by atoms with Crippen molar-refractivity contribution in [3.05, 3.63) is 59.4 Å². The summed E-state index contributed by atoms with van der Waals surface area (Å²) in [4.78, 5) is 12.0. The van der Waals surface area contributed by atoms with Crippen molar-refractivity contribution in [2.24, 2.45) is 11.0 Å². The number of carbonyl (C=O) groups is 1. The molecule has 0 bridgehead atoms. The van der Waals surface area contributed by atoms with Crippen molar-refractivity contribution >= 4 is 12.6 Å². The predicted molar refractivity (Wildman–Crippen MR) is 87.4 cm³/mol. The number of hydrazone groups is 1. The van der Waals surface area contributed by atoms with Gasteiger partial charge in [-0.15, -0.1) is 0 Å². The number of rotatable bonds is 3. The Morgan fingerprint density at radius 2 is 1.91 bits per heavy atom. The minimum Gasteiger partial charge on any atom is -0.272 e. The summed E-state index contributed by atoms with van der Waals surface area (Å²) in [6.45, 7) is 9.25. The highest BCUT2D eigenvalue weighted by atomic mass is 19.2. The second kappa shape index (κ2) is 6.07. The summed E-state index contributed by atoms with van der Waals surface area (Å²) < 4.78 is 29.6. The first kappa shape index (κ1) is 17.1. The smallest absolute Gasteiger partial charge is 0.253 e. The van der Waals surface area contributed by atoms with E-state index in [2.05, 4.69) is 11.8 Å². The van der Waals surface area contributed by atoms with E-state index in [1.807, 2.05) is 26.2 Å². The Kier molecular flexibility index (Phi) is 4.50. The molecule has 1 N–H and O–H groups in total. The van der Waals surface area contributed by atoms with Gasteiger partial charge in [0.15, 0.2) is 5.67 Å². The van der Waals surface area contributed by atoms with Gasteiger partial charge in [0.2, 0.25) is 0 Å². The molecule has 23 heavy (non-hydrogen) atoms. The van der Waals surface area contributed by atoms with Crippen LogP contribution in [0.1, 0.15) is 31.9 Å². The second-order valence-corrected chi connectivity index (χ2v) is 6.57. The van der Waals surface area contributed by atoms with Crippen LogP contribution in [0.5, 0.6) is 0 Å². The lowest BCUT2D eigenvalue weighted by atomic mass is 9.77. The third-order valence-electron chi connectivity index (χ3n) is 3.93. The molecule has 1 aliphatic carbocycles. The van der Waals surface area contributed by atoms with Crippen molar-refractivity contribution in [2.45, 2.75) is 31.9 Å². The van der Waals surface area contributed by atoms with E-state index in [4.69, 9.17) is 0 Å². The normalized spacial score (nSPS) is 24.0. The van der Waals surface area contributed by atoms with Crippen LogP contribution in [0.25, 0.3) is 0 Å². The average molecular weight is 318 g/mol. The van der Waals surface area contributed by atoms with Crippen LogP contribution in [0.4, 0.5) is 8.78 Å². The Morgan fingerprint density at radius 3 is 2.43 bits per heavy atom. The lowest BCUT2D eigenvalue weighted by molar-refractivity contribution is -0.128. The molecule has 2 rings (SSSR count). The molecule has 0 heterocycles. The molecule has 1 aliphatic rings. The maximum absolute atomic E-state index is 15.5. The summed E-state index contributed by atoms with van der Waals surface area (Å²) in [6.07, 6.45) is 3.54. The zero-order valence-electron chi connectivity index (χ0n) is 13.4. The molecule has 2 atom stereocenters. The number of benzene rings is 1. The zero-order chi connectivity index (χ0) is 17.3. The highest BCUT2D eigenvalue weighted by Gasteiger charge is 2.47. The van der Waals surface area contributed by atoms with E-state index in [0.29, 0.717) is 0 Å². The largest absolute Gasteiger partial charge is 0.272 e. The minimum atomic E-state index is -2.27. The van der Waals surface area contributed by atoms with Crippen molar-refractivity contribution < 1.29 is 13.6 Å². The maximum Gasteiger partial charge on any atom is 0.253 e. The zero-order valence-corrected chi connectivity index (χ0v) is 13.4. The molecule has 0 aromatic heterocycles. The van der Waals surface area contributed by atoms with E-state index >= 15 is 4.39 Å². The molecule has 0 saturated heterocycles. The molecule has 0 aliphatic heterocycles. The van der Waals surface area contributed by atoms with Gasteiger partial charge in [-0.05, 0) is 28.7 Å². The molecule has 2 unspecified atom stereocenters. The fraction of sp³-hybridized carbons (Fsp3) is 0.333. The number of hydrogen-bond donors (Lipinski definition) is 1. The molecule has 0 spiro atoms. The molecule has 0 fully saturated rings. The van der Waals surface area contributed by atoms with Crippen LogP contribution in [-0.2, 0) is 15.9 Å². The van der Waals surface area contributed by atoms with E-state index < -0.39 is 23.3 Å². The maximum atomic E-state index is 15.5. The lowest BCUT2D eigenvalue weighted by Crippen LogP contribution is -2.41. The molecule has 1 aromatic carbocycles. The topological polar surface area (TPSA) is 41.5 Å². The van der Waals surface area contributed by atoms with E-state index in [1.54, 1.807) is 24.3 Å². The number of allylic oxidation sites excluding steroid dienone is 3. The molecule has 1 amide bonds. The highest BCUT2D eigenvalue weighted by Crippen LogP contribution is 2.43. The Hall–Kier alpha value is -2.30. The third kappa shape index (κ3) is 3.23. The van der Waals surface area contributed by atoms with Crippen molar-refractivity contribution in [2.75, 3.05) is 0 Å².